The number of hydrogen-bond acceptors (Lipinski definition) is 3. The second-order valence-electron chi connectivity index (χ2n) is 5.17. The number of nitrogens with zero attached hydrogens (tertiary/aromatic N) is 1. The van der Waals surface area contributed by atoms with E-state index >= 15 is 0 Å². The zero-order chi connectivity index (χ0) is 14.7. The highest BCUT2D eigenvalue weighted by molar-refractivity contribution is 9.09. The summed E-state index contributed by atoms with van der Waals surface area (Å²) in [6, 6.07) is 4.31. The lowest BCUT2D eigenvalue weighted by Gasteiger charge is -2.15. The van der Waals surface area contributed by atoms with Crippen LogP contribution in [0.1, 0.15) is 35.2 Å². The van der Waals surface area contributed by atoms with Crippen molar-refractivity contribution in [3.63, 3.8) is 0 Å². The summed E-state index contributed by atoms with van der Waals surface area (Å²) in [5.74, 6) is 0.307. The van der Waals surface area contributed by atoms with Crippen LogP contribution in [-0.2, 0) is 0 Å². The molecule has 1 aliphatic rings. The van der Waals surface area contributed by atoms with Gasteiger partial charge in [-0.2, -0.15) is 0 Å². The quantitative estimate of drug-likeness (QED) is 0.519. The molecule has 0 aromatic heterocycles. The molecule has 0 spiro atoms. The van der Waals surface area contributed by atoms with Gasteiger partial charge < -0.3 is 5.32 Å². The zero-order valence-electron chi connectivity index (χ0n) is 11.3. The number of rotatable bonds is 4. The van der Waals surface area contributed by atoms with Gasteiger partial charge in [0.05, 0.1) is 4.92 Å². The Bertz CT molecular complexity index is 533. The molecule has 1 aromatic rings. The molecular weight excluding hydrogens is 324 g/mol. The highest BCUT2D eigenvalue weighted by atomic mass is 79.9. The van der Waals surface area contributed by atoms with Crippen LogP contribution in [0.5, 0.6) is 0 Å². The monoisotopic (exact) mass is 340 g/mol. The van der Waals surface area contributed by atoms with Gasteiger partial charge >= 0.3 is 0 Å². The van der Waals surface area contributed by atoms with E-state index in [-0.39, 0.29) is 11.6 Å². The summed E-state index contributed by atoms with van der Waals surface area (Å²) in [7, 11) is 0. The number of benzene rings is 1. The van der Waals surface area contributed by atoms with Crippen LogP contribution in [0, 0.1) is 23.0 Å². The van der Waals surface area contributed by atoms with E-state index < -0.39 is 4.92 Å². The van der Waals surface area contributed by atoms with E-state index in [1.165, 1.54) is 24.6 Å². The number of nitro benzene ring substituents is 1. The molecule has 1 aromatic carbocycles. The van der Waals surface area contributed by atoms with Gasteiger partial charge in [-0.15, -0.1) is 0 Å². The minimum Gasteiger partial charge on any atom is -0.352 e. The number of non-ortho nitro benzene ring substituents is 1. The van der Waals surface area contributed by atoms with Crippen molar-refractivity contribution in [2.24, 2.45) is 5.92 Å². The van der Waals surface area contributed by atoms with Crippen molar-refractivity contribution in [1.82, 2.24) is 5.32 Å². The number of carbonyl (C=O) groups excluding carboxylic acids is 1. The van der Waals surface area contributed by atoms with Crippen molar-refractivity contribution in [3.8, 4) is 0 Å². The van der Waals surface area contributed by atoms with Crippen molar-refractivity contribution in [1.29, 1.82) is 0 Å². The van der Waals surface area contributed by atoms with Crippen molar-refractivity contribution in [3.05, 3.63) is 39.4 Å². The lowest BCUT2D eigenvalue weighted by molar-refractivity contribution is -0.384. The molecule has 1 N–H and O–H groups in total. The molecule has 108 valence electrons. The Labute approximate surface area is 126 Å². The van der Waals surface area contributed by atoms with Gasteiger partial charge in [0.2, 0.25) is 0 Å². The van der Waals surface area contributed by atoms with Crippen LogP contribution in [0.3, 0.4) is 0 Å². The number of alkyl halides is 1. The summed E-state index contributed by atoms with van der Waals surface area (Å²) in [6.45, 7) is 2.36. The predicted molar refractivity (Wildman–Crippen MR) is 80.2 cm³/mol. The van der Waals surface area contributed by atoms with Crippen LogP contribution >= 0.6 is 15.9 Å². The van der Waals surface area contributed by atoms with Gasteiger partial charge in [0.25, 0.3) is 11.6 Å². The first kappa shape index (κ1) is 15.0. The molecule has 1 fully saturated rings. The van der Waals surface area contributed by atoms with Gasteiger partial charge in [-0.3, -0.25) is 14.9 Å². The van der Waals surface area contributed by atoms with E-state index in [0.717, 1.165) is 12.8 Å². The third kappa shape index (κ3) is 3.36. The molecule has 2 rings (SSSR count). The molecule has 2 atom stereocenters. The molecule has 20 heavy (non-hydrogen) atoms. The number of carbonyl (C=O) groups is 1. The van der Waals surface area contributed by atoms with Crippen LogP contribution in [0.25, 0.3) is 0 Å². The average molecular weight is 341 g/mol. The second-order valence-corrected chi connectivity index (χ2v) is 6.35. The summed E-state index contributed by atoms with van der Waals surface area (Å²) < 4.78 is 0. The molecule has 0 saturated heterocycles. The molecule has 1 aliphatic carbocycles. The summed E-state index contributed by atoms with van der Waals surface area (Å²) >= 11 is 3.62. The predicted octanol–water partition coefficient (Wildman–Crippen LogP) is 3.20. The SMILES string of the molecule is Cc1cc([N+](=O)[O-])ccc1C(=O)NCC1CCCC1Br. The molecular formula is C14H17BrN2O3. The number of aryl methyl sites for hydroxylation is 1. The van der Waals surface area contributed by atoms with Gasteiger partial charge in [0.1, 0.15) is 0 Å². The van der Waals surface area contributed by atoms with Crippen molar-refractivity contribution < 1.29 is 9.72 Å². The number of nitrogens with one attached hydrogen (secondary N) is 1. The molecule has 1 amide bonds. The Hall–Kier alpha value is -1.43. The van der Waals surface area contributed by atoms with Gasteiger partial charge in [0, 0.05) is 29.1 Å². The molecule has 0 aliphatic heterocycles. The smallest absolute Gasteiger partial charge is 0.269 e. The van der Waals surface area contributed by atoms with Crippen LogP contribution in [0.15, 0.2) is 18.2 Å². The van der Waals surface area contributed by atoms with Crippen LogP contribution in [0.2, 0.25) is 0 Å². The first-order chi connectivity index (χ1) is 9.49. The normalized spacial score (nSPS) is 21.7. The maximum atomic E-state index is 12.1. The zero-order valence-corrected chi connectivity index (χ0v) is 12.9. The molecule has 1 saturated carbocycles. The molecule has 0 radical (unpaired) electrons. The van der Waals surface area contributed by atoms with E-state index in [1.807, 2.05) is 0 Å². The molecule has 2 unspecified atom stereocenters. The largest absolute Gasteiger partial charge is 0.352 e. The van der Waals surface area contributed by atoms with Crippen LogP contribution < -0.4 is 5.32 Å². The number of amides is 1. The van der Waals surface area contributed by atoms with Gasteiger partial charge in [-0.25, -0.2) is 0 Å². The van der Waals surface area contributed by atoms with Crippen molar-refractivity contribution >= 4 is 27.5 Å². The van der Waals surface area contributed by atoms with Gasteiger partial charge in [-0.05, 0) is 37.3 Å². The Morgan fingerprint density at radius 3 is 2.80 bits per heavy atom. The average Bonchev–Trinajstić information content (AvgIpc) is 2.81. The van der Waals surface area contributed by atoms with E-state index in [1.54, 1.807) is 6.92 Å². The number of nitro groups is 1. The third-order valence-corrected chi connectivity index (χ3v) is 4.96. The Morgan fingerprint density at radius 2 is 2.25 bits per heavy atom. The highest BCUT2D eigenvalue weighted by Gasteiger charge is 2.25. The first-order valence-electron chi connectivity index (χ1n) is 6.66. The topological polar surface area (TPSA) is 72.2 Å². The summed E-state index contributed by atoms with van der Waals surface area (Å²) in [4.78, 5) is 22.8. The number of hydrogen-bond donors (Lipinski definition) is 1. The second kappa shape index (κ2) is 6.35. The Balaban J connectivity index is 2.00. The lowest BCUT2D eigenvalue weighted by Crippen LogP contribution is -2.31. The van der Waals surface area contributed by atoms with Gasteiger partial charge in [-0.1, -0.05) is 22.4 Å². The van der Waals surface area contributed by atoms with Crippen LogP contribution in [-0.4, -0.2) is 22.2 Å². The fourth-order valence-electron chi connectivity index (χ4n) is 2.56. The summed E-state index contributed by atoms with van der Waals surface area (Å²) in [5, 5.41) is 13.6. The minimum atomic E-state index is -0.456. The lowest BCUT2D eigenvalue weighted by atomic mass is 10.1. The maximum Gasteiger partial charge on any atom is 0.269 e. The minimum absolute atomic E-state index is 0.00960. The fourth-order valence-corrected chi connectivity index (χ4v) is 3.33. The van der Waals surface area contributed by atoms with E-state index in [0.29, 0.717) is 28.4 Å². The maximum absolute atomic E-state index is 12.1. The van der Waals surface area contributed by atoms with E-state index in [9.17, 15) is 14.9 Å². The van der Waals surface area contributed by atoms with E-state index in [2.05, 4.69) is 21.2 Å². The molecule has 0 heterocycles. The fraction of sp³-hybridized carbons (Fsp3) is 0.500. The molecule has 5 nitrogen and oxygen atoms in total. The Morgan fingerprint density at radius 1 is 1.50 bits per heavy atom. The number of halogens is 1. The molecule has 6 heteroatoms. The van der Waals surface area contributed by atoms with Crippen molar-refractivity contribution in [2.75, 3.05) is 6.54 Å². The third-order valence-electron chi connectivity index (χ3n) is 3.76. The van der Waals surface area contributed by atoms with E-state index in [4.69, 9.17) is 0 Å². The first-order valence-corrected chi connectivity index (χ1v) is 7.58. The van der Waals surface area contributed by atoms with Crippen LogP contribution in [0.4, 0.5) is 5.69 Å². The summed E-state index contributed by atoms with van der Waals surface area (Å²) in [5.41, 5.74) is 1.13. The summed E-state index contributed by atoms with van der Waals surface area (Å²) in [6.07, 6.45) is 3.46. The van der Waals surface area contributed by atoms with Crippen molar-refractivity contribution in [2.45, 2.75) is 31.0 Å². The molecule has 0 bridgehead atoms. The van der Waals surface area contributed by atoms with Gasteiger partial charge in [0.15, 0.2) is 0 Å². The Kier molecular flexibility index (Phi) is 4.75. The standard InChI is InChI=1S/C14H17BrN2O3/c1-9-7-11(17(19)20)5-6-12(9)14(18)16-8-10-3-2-4-13(10)15/h5-7,10,13H,2-4,8H2,1H3,(H,16,18). The highest BCUT2D eigenvalue weighted by Crippen LogP contribution is 2.30.